The van der Waals surface area contributed by atoms with Crippen molar-refractivity contribution < 1.29 is 5.11 Å². The van der Waals surface area contributed by atoms with E-state index in [9.17, 15) is 5.11 Å². The summed E-state index contributed by atoms with van der Waals surface area (Å²) in [5.74, 6) is 2.20. The van der Waals surface area contributed by atoms with Gasteiger partial charge in [-0.15, -0.1) is 11.8 Å². The molecule has 3 N–H and O–H groups in total. The van der Waals surface area contributed by atoms with Crippen LogP contribution < -0.4 is 5.73 Å². The highest BCUT2D eigenvalue weighted by Gasteiger charge is 2.17. The van der Waals surface area contributed by atoms with Crippen molar-refractivity contribution in [2.24, 2.45) is 11.7 Å². The second kappa shape index (κ2) is 7.37. The summed E-state index contributed by atoms with van der Waals surface area (Å²) >= 11 is 2.01. The second-order valence-corrected chi connectivity index (χ2v) is 6.55. The van der Waals surface area contributed by atoms with Crippen molar-refractivity contribution >= 4 is 11.8 Å². The van der Waals surface area contributed by atoms with Crippen molar-refractivity contribution in [3.05, 3.63) is 22.6 Å². The Morgan fingerprint density at radius 2 is 2.17 bits per heavy atom. The maximum atomic E-state index is 9.97. The van der Waals surface area contributed by atoms with Crippen LogP contribution in [0, 0.1) is 5.92 Å². The van der Waals surface area contributed by atoms with Crippen LogP contribution in [0.4, 0.5) is 0 Å². The molecule has 2 nitrogen and oxygen atoms in total. The lowest BCUT2D eigenvalue weighted by Crippen LogP contribution is -2.16. The van der Waals surface area contributed by atoms with Crippen LogP contribution in [0.2, 0.25) is 0 Å². The lowest BCUT2D eigenvalue weighted by Gasteiger charge is -2.18. The molecule has 18 heavy (non-hydrogen) atoms. The standard InChI is InChI=1S/C15H25NOS/c16-9-8-15(17)13-6-3-7-14(10-13)18-11-12-4-1-2-5-12/h6,10,12,15,17H,1-5,7-9,11,16H2. The molecular weight excluding hydrogens is 242 g/mol. The number of aliphatic hydroxyl groups excluding tert-OH is 1. The molecule has 0 radical (unpaired) electrons. The Bertz CT molecular complexity index is 318. The summed E-state index contributed by atoms with van der Waals surface area (Å²) in [5, 5.41) is 9.97. The van der Waals surface area contributed by atoms with E-state index in [0.717, 1.165) is 24.3 Å². The van der Waals surface area contributed by atoms with E-state index in [1.807, 2.05) is 11.8 Å². The fraction of sp³-hybridized carbons (Fsp3) is 0.733. The Morgan fingerprint density at radius 1 is 1.39 bits per heavy atom. The van der Waals surface area contributed by atoms with Crippen LogP contribution in [0.5, 0.6) is 0 Å². The molecule has 0 aliphatic heterocycles. The first-order valence-electron chi connectivity index (χ1n) is 7.21. The number of hydrogen-bond donors (Lipinski definition) is 2. The van der Waals surface area contributed by atoms with Crippen LogP contribution in [0.3, 0.4) is 0 Å². The van der Waals surface area contributed by atoms with E-state index in [1.54, 1.807) is 0 Å². The number of allylic oxidation sites excluding steroid dienone is 2. The summed E-state index contributed by atoms with van der Waals surface area (Å²) in [6.07, 6.45) is 12.6. The van der Waals surface area contributed by atoms with Crippen molar-refractivity contribution in [2.45, 2.75) is 51.0 Å². The minimum absolute atomic E-state index is 0.364. The Kier molecular flexibility index (Phi) is 5.80. The second-order valence-electron chi connectivity index (χ2n) is 5.41. The maximum absolute atomic E-state index is 9.97. The van der Waals surface area contributed by atoms with Crippen molar-refractivity contribution in [1.29, 1.82) is 0 Å². The molecule has 1 unspecified atom stereocenters. The zero-order chi connectivity index (χ0) is 12.8. The van der Waals surface area contributed by atoms with Crippen molar-refractivity contribution in [3.8, 4) is 0 Å². The first-order chi connectivity index (χ1) is 8.79. The Hall–Kier alpha value is -0.250. The third kappa shape index (κ3) is 4.15. The predicted molar refractivity (Wildman–Crippen MR) is 79.5 cm³/mol. The topological polar surface area (TPSA) is 46.2 Å². The molecule has 1 saturated carbocycles. The fourth-order valence-corrected chi connectivity index (χ4v) is 4.04. The van der Waals surface area contributed by atoms with Gasteiger partial charge in [0.05, 0.1) is 6.10 Å². The van der Waals surface area contributed by atoms with Gasteiger partial charge >= 0.3 is 0 Å². The molecule has 1 fully saturated rings. The number of hydrogen-bond acceptors (Lipinski definition) is 3. The van der Waals surface area contributed by atoms with Gasteiger partial charge in [0.1, 0.15) is 0 Å². The molecule has 102 valence electrons. The molecule has 0 spiro atoms. The van der Waals surface area contributed by atoms with Crippen molar-refractivity contribution in [2.75, 3.05) is 12.3 Å². The summed E-state index contributed by atoms with van der Waals surface area (Å²) in [4.78, 5) is 1.45. The van der Waals surface area contributed by atoms with E-state index in [4.69, 9.17) is 5.73 Å². The largest absolute Gasteiger partial charge is 0.388 e. The maximum Gasteiger partial charge on any atom is 0.0799 e. The van der Waals surface area contributed by atoms with Crippen molar-refractivity contribution in [1.82, 2.24) is 0 Å². The normalized spacial score (nSPS) is 22.8. The van der Waals surface area contributed by atoms with Gasteiger partial charge < -0.3 is 10.8 Å². The molecule has 0 aromatic heterocycles. The molecule has 2 aliphatic carbocycles. The Labute approximate surface area is 115 Å². The van der Waals surface area contributed by atoms with Crippen LogP contribution in [-0.2, 0) is 0 Å². The molecule has 0 heterocycles. The van der Waals surface area contributed by atoms with Gasteiger partial charge in [-0.05, 0) is 61.1 Å². The van der Waals surface area contributed by atoms with Crippen molar-refractivity contribution in [3.63, 3.8) is 0 Å². The number of thioether (sulfide) groups is 1. The molecular formula is C15H25NOS. The third-order valence-electron chi connectivity index (χ3n) is 3.90. The first kappa shape index (κ1) is 14.2. The lowest BCUT2D eigenvalue weighted by atomic mass is 10.00. The molecule has 0 amide bonds. The molecule has 0 aromatic rings. The van der Waals surface area contributed by atoms with Gasteiger partial charge in [0.2, 0.25) is 0 Å². The van der Waals surface area contributed by atoms with E-state index < -0.39 is 0 Å². The van der Waals surface area contributed by atoms with Crippen LogP contribution >= 0.6 is 11.8 Å². The zero-order valence-electron chi connectivity index (χ0n) is 11.1. The number of rotatable bonds is 6. The summed E-state index contributed by atoms with van der Waals surface area (Å²) in [7, 11) is 0. The monoisotopic (exact) mass is 267 g/mol. The molecule has 0 bridgehead atoms. The van der Waals surface area contributed by atoms with Crippen LogP contribution in [-0.4, -0.2) is 23.5 Å². The first-order valence-corrected chi connectivity index (χ1v) is 8.19. The lowest BCUT2D eigenvalue weighted by molar-refractivity contribution is 0.206. The average Bonchev–Trinajstić information content (AvgIpc) is 2.90. The minimum Gasteiger partial charge on any atom is -0.388 e. The SMILES string of the molecule is NCCC(O)C1=CCCC(SCC2CCCC2)=C1. The number of aliphatic hydroxyl groups is 1. The van der Waals surface area contributed by atoms with E-state index in [0.29, 0.717) is 13.0 Å². The van der Waals surface area contributed by atoms with E-state index in [-0.39, 0.29) is 6.10 Å². The smallest absolute Gasteiger partial charge is 0.0799 e. The van der Waals surface area contributed by atoms with Crippen LogP contribution in [0.15, 0.2) is 22.6 Å². The molecule has 0 aromatic carbocycles. The van der Waals surface area contributed by atoms with Gasteiger partial charge in [-0.2, -0.15) is 0 Å². The molecule has 2 aliphatic rings. The summed E-state index contributed by atoms with van der Waals surface area (Å²) in [6.45, 7) is 0.552. The minimum atomic E-state index is -0.364. The van der Waals surface area contributed by atoms with Gasteiger partial charge in [-0.1, -0.05) is 18.9 Å². The average molecular weight is 267 g/mol. The Balaban J connectivity index is 1.82. The summed E-state index contributed by atoms with van der Waals surface area (Å²) in [6, 6.07) is 0. The predicted octanol–water partition coefficient (Wildman–Crippen LogP) is 3.22. The summed E-state index contributed by atoms with van der Waals surface area (Å²) in [5.41, 5.74) is 6.58. The van der Waals surface area contributed by atoms with Crippen LogP contribution in [0.1, 0.15) is 44.9 Å². The quantitative estimate of drug-likeness (QED) is 0.776. The fourth-order valence-electron chi connectivity index (χ4n) is 2.77. The highest BCUT2D eigenvalue weighted by Crippen LogP contribution is 2.34. The highest BCUT2D eigenvalue weighted by atomic mass is 32.2. The molecule has 1 atom stereocenters. The molecule has 2 rings (SSSR count). The van der Waals surface area contributed by atoms with E-state index in [1.165, 1.54) is 36.3 Å². The van der Waals surface area contributed by atoms with Gasteiger partial charge in [0.15, 0.2) is 0 Å². The molecule has 3 heteroatoms. The van der Waals surface area contributed by atoms with Gasteiger partial charge in [-0.3, -0.25) is 0 Å². The van der Waals surface area contributed by atoms with Gasteiger partial charge in [0.25, 0.3) is 0 Å². The van der Waals surface area contributed by atoms with Gasteiger partial charge in [-0.25, -0.2) is 0 Å². The van der Waals surface area contributed by atoms with E-state index >= 15 is 0 Å². The van der Waals surface area contributed by atoms with E-state index in [2.05, 4.69) is 12.2 Å². The van der Waals surface area contributed by atoms with Crippen LogP contribution in [0.25, 0.3) is 0 Å². The number of nitrogens with two attached hydrogens (primary N) is 1. The highest BCUT2D eigenvalue weighted by molar-refractivity contribution is 8.03. The summed E-state index contributed by atoms with van der Waals surface area (Å²) < 4.78 is 0. The van der Waals surface area contributed by atoms with Gasteiger partial charge in [0, 0.05) is 5.75 Å². The Morgan fingerprint density at radius 3 is 2.89 bits per heavy atom. The third-order valence-corrected chi connectivity index (χ3v) is 5.23. The zero-order valence-corrected chi connectivity index (χ0v) is 11.9. The molecule has 0 saturated heterocycles.